The summed E-state index contributed by atoms with van der Waals surface area (Å²) in [5.41, 5.74) is 3.95. The number of carbonyl (C=O) groups is 1. The van der Waals surface area contributed by atoms with E-state index in [1.54, 1.807) is 6.07 Å². The largest absolute Gasteiger partial charge is 0.389 e. The average Bonchev–Trinajstić information content (AvgIpc) is 3.62. The fraction of sp³-hybridized carbons (Fsp3) is 0.423. The summed E-state index contributed by atoms with van der Waals surface area (Å²) in [6, 6.07) is 6.26. The summed E-state index contributed by atoms with van der Waals surface area (Å²) in [5, 5.41) is 13.6. The molecule has 0 spiro atoms. The van der Waals surface area contributed by atoms with Gasteiger partial charge in [-0.2, -0.15) is 0 Å². The van der Waals surface area contributed by atoms with Crippen molar-refractivity contribution >= 4 is 16.8 Å². The van der Waals surface area contributed by atoms with Gasteiger partial charge in [0, 0.05) is 12.6 Å². The van der Waals surface area contributed by atoms with Crippen LogP contribution < -0.4 is 10.9 Å². The maximum absolute atomic E-state index is 14.7. The molecule has 8 heteroatoms. The summed E-state index contributed by atoms with van der Waals surface area (Å²) in [4.78, 5) is 30.1. The monoisotopic (exact) mass is 465 g/mol. The first-order valence-corrected chi connectivity index (χ1v) is 11.7. The van der Waals surface area contributed by atoms with Gasteiger partial charge in [-0.1, -0.05) is 6.07 Å². The molecule has 1 aliphatic heterocycles. The molecule has 5 rings (SSSR count). The summed E-state index contributed by atoms with van der Waals surface area (Å²) in [7, 11) is 0. The minimum Gasteiger partial charge on any atom is -0.389 e. The Morgan fingerprint density at radius 3 is 2.74 bits per heavy atom. The van der Waals surface area contributed by atoms with E-state index in [9.17, 15) is 19.1 Å². The predicted octanol–water partition coefficient (Wildman–Crippen LogP) is 2.96. The van der Waals surface area contributed by atoms with E-state index in [-0.39, 0.29) is 35.7 Å². The van der Waals surface area contributed by atoms with Crippen molar-refractivity contribution in [3.8, 4) is 0 Å². The average molecular weight is 466 g/mol. The highest BCUT2D eigenvalue weighted by Crippen LogP contribution is 2.26. The van der Waals surface area contributed by atoms with Gasteiger partial charge in [0.2, 0.25) is 0 Å². The van der Waals surface area contributed by atoms with Gasteiger partial charge in [-0.3, -0.25) is 14.2 Å². The van der Waals surface area contributed by atoms with Crippen LogP contribution in [0.3, 0.4) is 0 Å². The van der Waals surface area contributed by atoms with Crippen LogP contribution in [0.4, 0.5) is 4.39 Å². The fourth-order valence-corrected chi connectivity index (χ4v) is 4.63. The Morgan fingerprint density at radius 1 is 1.24 bits per heavy atom. The van der Waals surface area contributed by atoms with Gasteiger partial charge in [-0.15, -0.1) is 0 Å². The Kier molecular flexibility index (Phi) is 5.95. The lowest BCUT2D eigenvalue weighted by Crippen LogP contribution is -2.39. The summed E-state index contributed by atoms with van der Waals surface area (Å²) >= 11 is 0. The van der Waals surface area contributed by atoms with Crippen LogP contribution in [0, 0.1) is 19.7 Å². The molecule has 3 aromatic rings. The van der Waals surface area contributed by atoms with Crippen molar-refractivity contribution in [3.05, 3.63) is 74.6 Å². The molecule has 2 heterocycles. The minimum absolute atomic E-state index is 0.0455. The highest BCUT2D eigenvalue weighted by atomic mass is 19.1. The van der Waals surface area contributed by atoms with Crippen LogP contribution in [-0.4, -0.2) is 45.9 Å². The number of benzene rings is 2. The maximum atomic E-state index is 14.7. The zero-order chi connectivity index (χ0) is 24.0. The van der Waals surface area contributed by atoms with Crippen LogP contribution in [0.1, 0.15) is 57.9 Å². The number of aromatic nitrogens is 2. The fourth-order valence-electron chi connectivity index (χ4n) is 4.63. The van der Waals surface area contributed by atoms with Crippen molar-refractivity contribution in [2.45, 2.75) is 57.7 Å². The van der Waals surface area contributed by atoms with Gasteiger partial charge < -0.3 is 15.2 Å². The van der Waals surface area contributed by atoms with E-state index < -0.39 is 11.9 Å². The van der Waals surface area contributed by atoms with Gasteiger partial charge in [-0.25, -0.2) is 9.37 Å². The lowest BCUT2D eigenvalue weighted by Gasteiger charge is -2.29. The predicted molar refractivity (Wildman–Crippen MR) is 126 cm³/mol. The Labute approximate surface area is 196 Å². The molecule has 2 aromatic carbocycles. The first-order chi connectivity index (χ1) is 16.3. The summed E-state index contributed by atoms with van der Waals surface area (Å²) in [5.74, 6) is -0.936. The number of amides is 1. The normalized spacial score (nSPS) is 20.5. The molecule has 2 atom stereocenters. The van der Waals surface area contributed by atoms with Crippen LogP contribution in [0.15, 0.2) is 35.4 Å². The van der Waals surface area contributed by atoms with Crippen molar-refractivity contribution in [2.75, 3.05) is 13.2 Å². The number of ether oxygens (including phenoxy) is 1. The van der Waals surface area contributed by atoms with Gasteiger partial charge in [0.15, 0.2) is 0 Å². The molecule has 1 amide bonds. The molecule has 1 saturated carbocycles. The van der Waals surface area contributed by atoms with E-state index in [0.717, 1.165) is 29.5 Å². The Bertz CT molecular complexity index is 1330. The number of aliphatic hydroxyl groups is 1. The summed E-state index contributed by atoms with van der Waals surface area (Å²) in [6.07, 6.45) is 3.57. The van der Waals surface area contributed by atoms with Gasteiger partial charge in [0.1, 0.15) is 5.82 Å². The Morgan fingerprint density at radius 2 is 2.03 bits per heavy atom. The van der Waals surface area contributed by atoms with Gasteiger partial charge in [-0.05, 0) is 80.0 Å². The lowest BCUT2D eigenvalue weighted by atomic mass is 9.94. The second-order valence-corrected chi connectivity index (χ2v) is 9.38. The molecule has 178 valence electrons. The summed E-state index contributed by atoms with van der Waals surface area (Å²) < 4.78 is 21.5. The van der Waals surface area contributed by atoms with Crippen LogP contribution in [0.25, 0.3) is 10.9 Å². The standard InChI is InChI=1S/C26H28FN3O4/c1-14-15(2)24-20(26(33)30(13-28-24)22-7-8-34-12-23(22)31)11-17(14)9-16-3-6-19(21(27)10-16)25(32)29-18-4-5-18/h3,6,10-11,13,18,22-23,31H,4-5,7-9,12H2,1-2H3,(H,29,32)/t22-,23-/m0/s1. The zero-order valence-corrected chi connectivity index (χ0v) is 19.3. The molecule has 1 aromatic heterocycles. The molecule has 2 aliphatic rings. The molecule has 0 unspecified atom stereocenters. The smallest absolute Gasteiger partial charge is 0.261 e. The van der Waals surface area contributed by atoms with Crippen LogP contribution in [0.5, 0.6) is 0 Å². The molecule has 2 N–H and O–H groups in total. The first kappa shape index (κ1) is 22.7. The number of carbonyl (C=O) groups excluding carboxylic acids is 1. The topological polar surface area (TPSA) is 93.5 Å². The Hall–Kier alpha value is -3.10. The number of aryl methyl sites for hydroxylation is 1. The number of aliphatic hydroxyl groups excluding tert-OH is 1. The van der Waals surface area contributed by atoms with Crippen LogP contribution in [-0.2, 0) is 11.2 Å². The molecule has 1 saturated heterocycles. The van der Waals surface area contributed by atoms with Crippen LogP contribution >= 0.6 is 0 Å². The first-order valence-electron chi connectivity index (χ1n) is 11.7. The lowest BCUT2D eigenvalue weighted by molar-refractivity contribution is -0.0395. The van der Waals surface area contributed by atoms with E-state index in [1.807, 2.05) is 19.9 Å². The quantitative estimate of drug-likeness (QED) is 0.604. The number of hydrogen-bond acceptors (Lipinski definition) is 5. The van der Waals surface area contributed by atoms with E-state index in [0.29, 0.717) is 35.9 Å². The Balaban J connectivity index is 1.49. The van der Waals surface area contributed by atoms with Crippen LogP contribution in [0.2, 0.25) is 0 Å². The SMILES string of the molecule is Cc1c(Cc2ccc(C(=O)NC3CC3)c(F)c2)cc2c(=O)n([C@H]3CCOC[C@@H]3O)cnc2c1C. The second-order valence-electron chi connectivity index (χ2n) is 9.38. The van der Waals surface area contributed by atoms with Crippen molar-refractivity contribution in [1.82, 2.24) is 14.9 Å². The van der Waals surface area contributed by atoms with E-state index in [1.165, 1.54) is 23.0 Å². The molecule has 0 bridgehead atoms. The van der Waals surface area contributed by atoms with E-state index in [4.69, 9.17) is 4.74 Å². The van der Waals surface area contributed by atoms with E-state index >= 15 is 0 Å². The molecule has 2 fully saturated rings. The molecule has 0 radical (unpaired) electrons. The van der Waals surface area contributed by atoms with Crippen molar-refractivity contribution < 1.29 is 19.0 Å². The zero-order valence-electron chi connectivity index (χ0n) is 19.3. The molecule has 1 aliphatic carbocycles. The molecule has 7 nitrogen and oxygen atoms in total. The molecule has 34 heavy (non-hydrogen) atoms. The van der Waals surface area contributed by atoms with Crippen molar-refractivity contribution in [2.24, 2.45) is 0 Å². The van der Waals surface area contributed by atoms with Crippen molar-refractivity contribution in [3.63, 3.8) is 0 Å². The summed E-state index contributed by atoms with van der Waals surface area (Å²) in [6.45, 7) is 4.55. The number of nitrogens with one attached hydrogen (secondary N) is 1. The molecular formula is C26H28FN3O4. The third-order valence-corrected chi connectivity index (χ3v) is 6.98. The third-order valence-electron chi connectivity index (χ3n) is 6.98. The van der Waals surface area contributed by atoms with E-state index in [2.05, 4.69) is 10.3 Å². The van der Waals surface area contributed by atoms with Gasteiger partial charge in [0.25, 0.3) is 11.5 Å². The highest BCUT2D eigenvalue weighted by molar-refractivity contribution is 5.95. The minimum atomic E-state index is -0.768. The molecular weight excluding hydrogens is 437 g/mol. The number of hydrogen-bond donors (Lipinski definition) is 2. The van der Waals surface area contributed by atoms with Gasteiger partial charge in [0.05, 0.1) is 41.5 Å². The highest BCUT2D eigenvalue weighted by Gasteiger charge is 2.27. The number of nitrogens with zero attached hydrogens (tertiary/aromatic N) is 2. The number of fused-ring (bicyclic) bond motifs is 1. The second kappa shape index (κ2) is 8.92. The third kappa shape index (κ3) is 4.23. The van der Waals surface area contributed by atoms with Crippen molar-refractivity contribution in [1.29, 1.82) is 0 Å². The maximum Gasteiger partial charge on any atom is 0.261 e. The number of rotatable bonds is 5. The number of halogens is 1. The van der Waals surface area contributed by atoms with Gasteiger partial charge >= 0.3 is 0 Å².